The lowest BCUT2D eigenvalue weighted by molar-refractivity contribution is -0.0320. The zero-order chi connectivity index (χ0) is 15.9. The Morgan fingerprint density at radius 2 is 1.75 bits per heavy atom. The topological polar surface area (TPSA) is 21.7 Å². The first-order valence-corrected chi connectivity index (χ1v) is 8.43. The monoisotopic (exact) mass is 367 g/mol. The SMILES string of the molecule is Cl.Clc1ccc(C(OCCN2CCCOC2)c2ccccc2)cc1. The summed E-state index contributed by atoms with van der Waals surface area (Å²) in [7, 11) is 0. The molecule has 1 heterocycles. The van der Waals surface area contributed by atoms with Crippen molar-refractivity contribution in [3.63, 3.8) is 0 Å². The maximum Gasteiger partial charge on any atom is 0.108 e. The summed E-state index contributed by atoms with van der Waals surface area (Å²) >= 11 is 6.01. The van der Waals surface area contributed by atoms with E-state index in [4.69, 9.17) is 21.1 Å². The Labute approximate surface area is 154 Å². The van der Waals surface area contributed by atoms with Crippen molar-refractivity contribution in [2.75, 3.05) is 33.0 Å². The van der Waals surface area contributed by atoms with Crippen LogP contribution in [0.3, 0.4) is 0 Å². The van der Waals surface area contributed by atoms with Gasteiger partial charge >= 0.3 is 0 Å². The maximum atomic E-state index is 6.22. The minimum absolute atomic E-state index is 0. The molecule has 5 heteroatoms. The molecule has 1 saturated heterocycles. The molecule has 2 aromatic rings. The van der Waals surface area contributed by atoms with E-state index in [0.29, 0.717) is 13.3 Å². The molecule has 0 radical (unpaired) electrons. The summed E-state index contributed by atoms with van der Waals surface area (Å²) in [6.45, 7) is 4.22. The van der Waals surface area contributed by atoms with E-state index in [1.807, 2.05) is 42.5 Å². The lowest BCUT2D eigenvalue weighted by atomic mass is 10.0. The van der Waals surface area contributed by atoms with Gasteiger partial charge in [-0.25, -0.2) is 0 Å². The molecule has 130 valence electrons. The highest BCUT2D eigenvalue weighted by molar-refractivity contribution is 6.30. The van der Waals surface area contributed by atoms with Gasteiger partial charge in [-0.1, -0.05) is 54.1 Å². The van der Waals surface area contributed by atoms with Crippen LogP contribution in [0.4, 0.5) is 0 Å². The lowest BCUT2D eigenvalue weighted by Crippen LogP contribution is -2.35. The van der Waals surface area contributed by atoms with Gasteiger partial charge in [0, 0.05) is 24.7 Å². The van der Waals surface area contributed by atoms with Crippen molar-refractivity contribution >= 4 is 24.0 Å². The molecule has 2 aromatic carbocycles. The quantitative estimate of drug-likeness (QED) is 0.747. The van der Waals surface area contributed by atoms with Crippen molar-refractivity contribution in [3.05, 3.63) is 70.7 Å². The van der Waals surface area contributed by atoms with Crippen LogP contribution in [-0.4, -0.2) is 37.9 Å². The van der Waals surface area contributed by atoms with Crippen molar-refractivity contribution in [1.29, 1.82) is 0 Å². The Morgan fingerprint density at radius 3 is 2.42 bits per heavy atom. The Morgan fingerprint density at radius 1 is 1.04 bits per heavy atom. The zero-order valence-corrected chi connectivity index (χ0v) is 15.1. The van der Waals surface area contributed by atoms with Gasteiger partial charge in [0.2, 0.25) is 0 Å². The van der Waals surface area contributed by atoms with Crippen LogP contribution in [0.25, 0.3) is 0 Å². The third-order valence-electron chi connectivity index (χ3n) is 4.00. The second-order valence-electron chi connectivity index (χ2n) is 5.72. The van der Waals surface area contributed by atoms with Gasteiger partial charge in [-0.15, -0.1) is 12.4 Å². The predicted octanol–water partition coefficient (Wildman–Crippen LogP) is 4.55. The fourth-order valence-electron chi connectivity index (χ4n) is 2.77. The molecular weight excluding hydrogens is 345 g/mol. The second-order valence-corrected chi connectivity index (χ2v) is 6.16. The summed E-state index contributed by atoms with van der Waals surface area (Å²) in [4.78, 5) is 2.29. The van der Waals surface area contributed by atoms with Gasteiger partial charge < -0.3 is 9.47 Å². The Bertz CT molecular complexity index is 586. The largest absolute Gasteiger partial charge is 0.367 e. The van der Waals surface area contributed by atoms with Crippen LogP contribution in [0.2, 0.25) is 5.02 Å². The molecule has 0 saturated carbocycles. The number of halogens is 2. The fraction of sp³-hybridized carbons (Fsp3) is 0.368. The molecular formula is C19H23Cl2NO2. The number of hydrogen-bond donors (Lipinski definition) is 0. The predicted molar refractivity (Wildman–Crippen MR) is 99.9 cm³/mol. The minimum atomic E-state index is -0.0702. The molecule has 24 heavy (non-hydrogen) atoms. The summed E-state index contributed by atoms with van der Waals surface area (Å²) in [6, 6.07) is 18.2. The lowest BCUT2D eigenvalue weighted by Gasteiger charge is -2.27. The number of benzene rings is 2. The Kier molecular flexibility index (Phi) is 8.03. The zero-order valence-electron chi connectivity index (χ0n) is 13.6. The normalized spacial score (nSPS) is 16.4. The highest BCUT2D eigenvalue weighted by atomic mass is 35.5. The van der Waals surface area contributed by atoms with E-state index < -0.39 is 0 Å². The number of rotatable bonds is 6. The molecule has 1 atom stereocenters. The van der Waals surface area contributed by atoms with Gasteiger partial charge in [-0.3, -0.25) is 4.90 Å². The first-order valence-electron chi connectivity index (χ1n) is 8.05. The summed E-state index contributed by atoms with van der Waals surface area (Å²) in [5.41, 5.74) is 2.28. The van der Waals surface area contributed by atoms with E-state index >= 15 is 0 Å². The molecule has 1 aliphatic rings. The average Bonchev–Trinajstić information content (AvgIpc) is 2.61. The number of ether oxygens (including phenoxy) is 2. The van der Waals surface area contributed by atoms with Gasteiger partial charge in [0.15, 0.2) is 0 Å². The van der Waals surface area contributed by atoms with E-state index in [1.54, 1.807) is 0 Å². The minimum Gasteiger partial charge on any atom is -0.367 e. The summed E-state index contributed by atoms with van der Waals surface area (Å²) in [5, 5.41) is 0.742. The maximum absolute atomic E-state index is 6.22. The van der Waals surface area contributed by atoms with Crippen LogP contribution in [0, 0.1) is 0 Å². The molecule has 0 aromatic heterocycles. The summed E-state index contributed by atoms with van der Waals surface area (Å²) in [5.74, 6) is 0. The standard InChI is InChI=1S/C19H22ClNO2.ClH/c20-18-9-7-17(8-10-18)19(16-5-2-1-3-6-16)23-14-12-21-11-4-13-22-15-21;/h1-3,5-10,19H,4,11-15H2;1H. The van der Waals surface area contributed by atoms with E-state index in [1.165, 1.54) is 0 Å². The van der Waals surface area contributed by atoms with Crippen LogP contribution in [0.15, 0.2) is 54.6 Å². The molecule has 3 nitrogen and oxygen atoms in total. The second kappa shape index (κ2) is 10.0. The van der Waals surface area contributed by atoms with Crippen molar-refractivity contribution in [2.45, 2.75) is 12.5 Å². The van der Waals surface area contributed by atoms with Crippen molar-refractivity contribution in [3.8, 4) is 0 Å². The van der Waals surface area contributed by atoms with Crippen molar-refractivity contribution in [2.24, 2.45) is 0 Å². The first-order chi connectivity index (χ1) is 11.3. The van der Waals surface area contributed by atoms with Crippen LogP contribution in [0.5, 0.6) is 0 Å². The molecule has 0 amide bonds. The summed E-state index contributed by atoms with van der Waals surface area (Å²) in [6.07, 6.45) is 1.03. The fourth-order valence-corrected chi connectivity index (χ4v) is 2.90. The highest BCUT2D eigenvalue weighted by Crippen LogP contribution is 2.27. The number of nitrogens with zero attached hydrogens (tertiary/aromatic N) is 1. The molecule has 0 spiro atoms. The third kappa shape index (κ3) is 5.47. The van der Waals surface area contributed by atoms with Gasteiger partial charge in [0.25, 0.3) is 0 Å². The van der Waals surface area contributed by atoms with E-state index in [2.05, 4.69) is 17.0 Å². The van der Waals surface area contributed by atoms with Crippen LogP contribution < -0.4 is 0 Å². The molecule has 0 N–H and O–H groups in total. The smallest absolute Gasteiger partial charge is 0.108 e. The molecule has 1 aliphatic heterocycles. The summed E-state index contributed by atoms with van der Waals surface area (Å²) < 4.78 is 11.7. The molecule has 1 fully saturated rings. The van der Waals surface area contributed by atoms with Crippen molar-refractivity contribution < 1.29 is 9.47 Å². The molecule has 1 unspecified atom stereocenters. The van der Waals surface area contributed by atoms with Gasteiger partial charge in [-0.2, -0.15) is 0 Å². The highest BCUT2D eigenvalue weighted by Gasteiger charge is 2.16. The Balaban J connectivity index is 0.00000208. The van der Waals surface area contributed by atoms with Crippen LogP contribution in [0.1, 0.15) is 23.7 Å². The van der Waals surface area contributed by atoms with Crippen LogP contribution in [-0.2, 0) is 9.47 Å². The Hall–Kier alpha value is -1.10. The average molecular weight is 368 g/mol. The molecule has 3 rings (SSSR count). The van der Waals surface area contributed by atoms with Crippen LogP contribution >= 0.6 is 24.0 Å². The van der Waals surface area contributed by atoms with E-state index in [0.717, 1.165) is 42.3 Å². The molecule has 0 aliphatic carbocycles. The van der Waals surface area contributed by atoms with E-state index in [-0.39, 0.29) is 18.5 Å². The first kappa shape index (κ1) is 19.2. The van der Waals surface area contributed by atoms with Gasteiger partial charge in [0.1, 0.15) is 6.10 Å². The molecule has 0 bridgehead atoms. The number of hydrogen-bond acceptors (Lipinski definition) is 3. The van der Waals surface area contributed by atoms with Gasteiger partial charge in [-0.05, 0) is 29.7 Å². The van der Waals surface area contributed by atoms with Gasteiger partial charge in [0.05, 0.1) is 13.3 Å². The van der Waals surface area contributed by atoms with Crippen molar-refractivity contribution in [1.82, 2.24) is 4.90 Å². The third-order valence-corrected chi connectivity index (χ3v) is 4.26. The van der Waals surface area contributed by atoms with E-state index in [9.17, 15) is 0 Å².